The summed E-state index contributed by atoms with van der Waals surface area (Å²) >= 11 is 0. The maximum Gasteiger partial charge on any atom is 0.0358 e. The van der Waals surface area contributed by atoms with Gasteiger partial charge in [-0.15, -0.1) is 0 Å². The standard InChI is InChI=1S/C16H33N3/c1-5-18-8-10-19(11-9-18)16(13-17)7-6-15(3,4)12-14(16)2/h14H,5-13,17H2,1-4H3. The van der Waals surface area contributed by atoms with E-state index in [0.717, 1.165) is 12.5 Å². The van der Waals surface area contributed by atoms with Crippen molar-refractivity contribution in [1.29, 1.82) is 0 Å². The molecule has 2 N–H and O–H groups in total. The largest absolute Gasteiger partial charge is 0.329 e. The van der Waals surface area contributed by atoms with Crippen LogP contribution in [0.25, 0.3) is 0 Å². The van der Waals surface area contributed by atoms with Crippen molar-refractivity contribution in [3.63, 3.8) is 0 Å². The second kappa shape index (κ2) is 5.71. The second-order valence-corrected chi connectivity index (χ2v) is 7.50. The molecule has 2 fully saturated rings. The summed E-state index contributed by atoms with van der Waals surface area (Å²) in [5.41, 5.74) is 7.04. The van der Waals surface area contributed by atoms with E-state index in [1.165, 1.54) is 52.0 Å². The van der Waals surface area contributed by atoms with Crippen LogP contribution in [-0.4, -0.2) is 54.6 Å². The Kier molecular flexibility index (Phi) is 4.59. The number of nitrogens with zero attached hydrogens (tertiary/aromatic N) is 2. The molecule has 2 unspecified atom stereocenters. The summed E-state index contributed by atoms with van der Waals surface area (Å²) < 4.78 is 0. The van der Waals surface area contributed by atoms with Crippen LogP contribution in [0.5, 0.6) is 0 Å². The van der Waals surface area contributed by atoms with Gasteiger partial charge < -0.3 is 10.6 Å². The van der Waals surface area contributed by atoms with Gasteiger partial charge in [0.25, 0.3) is 0 Å². The summed E-state index contributed by atoms with van der Waals surface area (Å²) in [7, 11) is 0. The Morgan fingerprint density at radius 3 is 2.21 bits per heavy atom. The third kappa shape index (κ3) is 2.98. The first-order valence-electron chi connectivity index (χ1n) is 8.11. The van der Waals surface area contributed by atoms with Crippen LogP contribution in [0.15, 0.2) is 0 Å². The molecule has 3 heteroatoms. The Morgan fingerprint density at radius 1 is 1.11 bits per heavy atom. The zero-order chi connectivity index (χ0) is 14.1. The molecule has 0 amide bonds. The Bertz CT molecular complexity index is 294. The quantitative estimate of drug-likeness (QED) is 0.850. The van der Waals surface area contributed by atoms with Gasteiger partial charge in [0.05, 0.1) is 0 Å². The Labute approximate surface area is 119 Å². The van der Waals surface area contributed by atoms with Crippen LogP contribution >= 0.6 is 0 Å². The molecule has 2 aliphatic rings. The normalized spacial score (nSPS) is 37.4. The lowest BCUT2D eigenvalue weighted by Crippen LogP contribution is -2.65. The predicted molar refractivity (Wildman–Crippen MR) is 82.3 cm³/mol. The number of piperazine rings is 1. The summed E-state index contributed by atoms with van der Waals surface area (Å²) in [6.45, 7) is 16.4. The van der Waals surface area contributed by atoms with Gasteiger partial charge in [-0.3, -0.25) is 4.90 Å². The lowest BCUT2D eigenvalue weighted by Gasteiger charge is -2.55. The van der Waals surface area contributed by atoms with Crippen molar-refractivity contribution in [3.05, 3.63) is 0 Å². The van der Waals surface area contributed by atoms with E-state index >= 15 is 0 Å². The average molecular weight is 267 g/mol. The van der Waals surface area contributed by atoms with Gasteiger partial charge >= 0.3 is 0 Å². The van der Waals surface area contributed by atoms with Gasteiger partial charge in [-0.25, -0.2) is 0 Å². The molecule has 0 bridgehead atoms. The molecule has 1 aliphatic heterocycles. The van der Waals surface area contributed by atoms with Crippen molar-refractivity contribution >= 4 is 0 Å². The van der Waals surface area contributed by atoms with Crippen LogP contribution in [0.2, 0.25) is 0 Å². The topological polar surface area (TPSA) is 32.5 Å². The maximum absolute atomic E-state index is 6.26. The third-order valence-electron chi connectivity index (χ3n) is 5.81. The van der Waals surface area contributed by atoms with Crippen molar-refractivity contribution in [2.45, 2.75) is 52.5 Å². The lowest BCUT2D eigenvalue weighted by molar-refractivity contribution is -0.0443. The summed E-state index contributed by atoms with van der Waals surface area (Å²) in [6, 6.07) is 0. The average Bonchev–Trinajstić information content (AvgIpc) is 2.39. The first-order chi connectivity index (χ1) is 8.93. The Morgan fingerprint density at radius 2 is 1.74 bits per heavy atom. The smallest absolute Gasteiger partial charge is 0.0358 e. The molecule has 0 aromatic rings. The zero-order valence-corrected chi connectivity index (χ0v) is 13.4. The van der Waals surface area contributed by atoms with Crippen molar-refractivity contribution < 1.29 is 0 Å². The highest BCUT2D eigenvalue weighted by atomic mass is 15.3. The minimum absolute atomic E-state index is 0.273. The van der Waals surface area contributed by atoms with Crippen LogP contribution in [0.3, 0.4) is 0 Å². The van der Waals surface area contributed by atoms with Crippen LogP contribution < -0.4 is 5.73 Å². The summed E-state index contributed by atoms with van der Waals surface area (Å²) in [5.74, 6) is 0.717. The van der Waals surface area contributed by atoms with Crippen molar-refractivity contribution in [2.75, 3.05) is 39.3 Å². The van der Waals surface area contributed by atoms with E-state index in [1.54, 1.807) is 0 Å². The van der Waals surface area contributed by atoms with Gasteiger partial charge in [0.1, 0.15) is 0 Å². The van der Waals surface area contributed by atoms with Gasteiger partial charge in [0.15, 0.2) is 0 Å². The molecule has 1 aliphatic carbocycles. The fourth-order valence-electron chi connectivity index (χ4n) is 4.33. The molecule has 112 valence electrons. The molecule has 0 aromatic heterocycles. The van der Waals surface area contributed by atoms with Gasteiger partial charge in [-0.05, 0) is 37.1 Å². The highest BCUT2D eigenvalue weighted by Crippen LogP contribution is 2.46. The monoisotopic (exact) mass is 267 g/mol. The van der Waals surface area contributed by atoms with E-state index < -0.39 is 0 Å². The minimum atomic E-state index is 0.273. The molecule has 0 aromatic carbocycles. The number of hydrogen-bond donors (Lipinski definition) is 1. The number of likely N-dealkylation sites (N-methyl/N-ethyl adjacent to an activating group) is 1. The summed E-state index contributed by atoms with van der Waals surface area (Å²) in [4.78, 5) is 5.28. The fraction of sp³-hybridized carbons (Fsp3) is 1.00. The van der Waals surface area contributed by atoms with Crippen molar-refractivity contribution in [3.8, 4) is 0 Å². The van der Waals surface area contributed by atoms with Gasteiger partial charge in [-0.1, -0.05) is 27.7 Å². The second-order valence-electron chi connectivity index (χ2n) is 7.50. The third-order valence-corrected chi connectivity index (χ3v) is 5.81. The maximum atomic E-state index is 6.26. The van der Waals surface area contributed by atoms with Gasteiger partial charge in [0, 0.05) is 38.3 Å². The molecular weight excluding hydrogens is 234 g/mol. The molecule has 0 radical (unpaired) electrons. The van der Waals surface area contributed by atoms with Crippen LogP contribution in [0, 0.1) is 11.3 Å². The molecule has 1 saturated heterocycles. The van der Waals surface area contributed by atoms with E-state index in [-0.39, 0.29) is 5.54 Å². The molecular formula is C16H33N3. The molecule has 0 spiro atoms. The molecule has 1 heterocycles. The molecule has 3 nitrogen and oxygen atoms in total. The van der Waals surface area contributed by atoms with E-state index in [1.807, 2.05) is 0 Å². The highest BCUT2D eigenvalue weighted by Gasteiger charge is 2.47. The molecule has 2 atom stereocenters. The fourth-order valence-corrected chi connectivity index (χ4v) is 4.33. The Balaban J connectivity index is 2.07. The summed E-state index contributed by atoms with van der Waals surface area (Å²) in [6.07, 6.45) is 3.92. The van der Waals surface area contributed by atoms with Crippen molar-refractivity contribution in [2.24, 2.45) is 17.1 Å². The van der Waals surface area contributed by atoms with Crippen LogP contribution in [-0.2, 0) is 0 Å². The lowest BCUT2D eigenvalue weighted by atomic mass is 9.63. The molecule has 2 rings (SSSR count). The highest BCUT2D eigenvalue weighted by molar-refractivity contribution is 5.03. The van der Waals surface area contributed by atoms with E-state index in [4.69, 9.17) is 5.73 Å². The van der Waals surface area contributed by atoms with Gasteiger partial charge in [-0.2, -0.15) is 0 Å². The minimum Gasteiger partial charge on any atom is -0.329 e. The molecule has 1 saturated carbocycles. The number of nitrogens with two attached hydrogens (primary N) is 1. The van der Waals surface area contributed by atoms with Crippen molar-refractivity contribution in [1.82, 2.24) is 9.80 Å². The zero-order valence-electron chi connectivity index (χ0n) is 13.4. The van der Waals surface area contributed by atoms with E-state index in [0.29, 0.717) is 5.41 Å². The first-order valence-corrected chi connectivity index (χ1v) is 8.11. The van der Waals surface area contributed by atoms with Crippen LogP contribution in [0.1, 0.15) is 47.0 Å². The Hall–Kier alpha value is -0.120. The van der Waals surface area contributed by atoms with Crippen LogP contribution in [0.4, 0.5) is 0 Å². The van der Waals surface area contributed by atoms with E-state index in [9.17, 15) is 0 Å². The number of hydrogen-bond acceptors (Lipinski definition) is 3. The SMILES string of the molecule is CCN1CCN(C2(CN)CCC(C)(C)CC2C)CC1. The number of rotatable bonds is 3. The van der Waals surface area contributed by atoms with Gasteiger partial charge in [0.2, 0.25) is 0 Å². The van der Waals surface area contributed by atoms with E-state index in [2.05, 4.69) is 37.5 Å². The molecule has 19 heavy (non-hydrogen) atoms. The summed E-state index contributed by atoms with van der Waals surface area (Å²) in [5, 5.41) is 0. The first kappa shape index (κ1) is 15.3. The predicted octanol–water partition coefficient (Wildman–Crippen LogP) is 2.17.